The molecule has 8 nitrogen and oxygen atoms in total. The highest BCUT2D eigenvalue weighted by atomic mass is 32.1. The molecule has 1 aliphatic rings. The largest absolute Gasteiger partial charge is 0.326 e. The molecule has 1 aromatic heterocycles. The van der Waals surface area contributed by atoms with E-state index in [0.717, 1.165) is 16.2 Å². The van der Waals surface area contributed by atoms with E-state index in [1.54, 1.807) is 30.3 Å². The molecule has 0 radical (unpaired) electrons. The predicted molar refractivity (Wildman–Crippen MR) is 96.8 cm³/mol. The van der Waals surface area contributed by atoms with E-state index < -0.39 is 10.8 Å². The molecule has 1 fully saturated rings. The molecule has 0 spiro atoms. The molecule has 3 rings (SSSR count). The number of hydrogen-bond donors (Lipinski definition) is 1. The summed E-state index contributed by atoms with van der Waals surface area (Å²) >= 11 is 0.938. The second-order valence-electron chi connectivity index (χ2n) is 5.54. The Morgan fingerprint density at radius 3 is 2.50 bits per heavy atom. The molecule has 0 unspecified atom stereocenters. The summed E-state index contributed by atoms with van der Waals surface area (Å²) in [5.41, 5.74) is 1.23. The van der Waals surface area contributed by atoms with Crippen LogP contribution in [-0.4, -0.2) is 22.6 Å². The van der Waals surface area contributed by atoms with Crippen LogP contribution in [0.4, 0.5) is 16.4 Å². The third-order valence-electron chi connectivity index (χ3n) is 3.62. The van der Waals surface area contributed by atoms with Gasteiger partial charge < -0.3 is 5.32 Å². The van der Waals surface area contributed by atoms with E-state index in [1.165, 1.54) is 19.1 Å². The zero-order valence-corrected chi connectivity index (χ0v) is 14.4. The average Bonchev–Trinajstić information content (AvgIpc) is 3.14. The van der Waals surface area contributed by atoms with Crippen molar-refractivity contribution in [3.63, 3.8) is 0 Å². The molecule has 1 aromatic carbocycles. The Kier molecular flexibility index (Phi) is 4.63. The zero-order valence-electron chi connectivity index (χ0n) is 13.6. The molecular formula is C17H13N3O5S. The van der Waals surface area contributed by atoms with Gasteiger partial charge in [0.1, 0.15) is 0 Å². The van der Waals surface area contributed by atoms with E-state index in [2.05, 4.69) is 5.32 Å². The van der Waals surface area contributed by atoms with Crippen molar-refractivity contribution in [2.24, 2.45) is 0 Å². The zero-order chi connectivity index (χ0) is 18.8. The van der Waals surface area contributed by atoms with Crippen molar-refractivity contribution < 1.29 is 19.3 Å². The van der Waals surface area contributed by atoms with Crippen LogP contribution in [0.1, 0.15) is 18.2 Å². The van der Waals surface area contributed by atoms with Gasteiger partial charge in [0.05, 0.1) is 17.0 Å². The molecule has 1 N–H and O–H groups in total. The second kappa shape index (κ2) is 6.89. The SMILES string of the molecule is CC(=O)Nc1ccc(N2C(=O)C/C(=C\c3ccc([N+](=O)[O-])s3)C2=O)cc1. The summed E-state index contributed by atoms with van der Waals surface area (Å²) in [5, 5.41) is 13.3. The number of nitrogens with zero attached hydrogens (tertiary/aromatic N) is 2. The maximum absolute atomic E-state index is 12.6. The van der Waals surface area contributed by atoms with Crippen LogP contribution in [0.3, 0.4) is 0 Å². The van der Waals surface area contributed by atoms with Crippen molar-refractivity contribution in [3.05, 3.63) is 57.0 Å². The van der Waals surface area contributed by atoms with Crippen LogP contribution in [-0.2, 0) is 14.4 Å². The molecule has 3 amide bonds. The van der Waals surface area contributed by atoms with Crippen LogP contribution in [0.25, 0.3) is 6.08 Å². The molecule has 2 heterocycles. The van der Waals surface area contributed by atoms with Crippen molar-refractivity contribution in [1.29, 1.82) is 0 Å². The number of rotatable bonds is 4. The summed E-state index contributed by atoms with van der Waals surface area (Å²) in [7, 11) is 0. The molecule has 0 aliphatic carbocycles. The number of nitrogens with one attached hydrogen (secondary N) is 1. The number of amides is 3. The van der Waals surface area contributed by atoms with Gasteiger partial charge in [0.2, 0.25) is 11.8 Å². The maximum Gasteiger partial charge on any atom is 0.324 e. The van der Waals surface area contributed by atoms with Gasteiger partial charge in [-0.2, -0.15) is 0 Å². The normalized spacial score (nSPS) is 15.6. The lowest BCUT2D eigenvalue weighted by Gasteiger charge is -2.14. The van der Waals surface area contributed by atoms with Crippen molar-refractivity contribution in [2.75, 3.05) is 10.2 Å². The minimum Gasteiger partial charge on any atom is -0.326 e. The smallest absolute Gasteiger partial charge is 0.324 e. The lowest BCUT2D eigenvalue weighted by atomic mass is 10.2. The number of anilines is 2. The fraction of sp³-hybridized carbons (Fsp3) is 0.118. The van der Waals surface area contributed by atoms with Gasteiger partial charge in [-0.05, 0) is 36.4 Å². The van der Waals surface area contributed by atoms with Crippen LogP contribution in [0.5, 0.6) is 0 Å². The number of hydrogen-bond acceptors (Lipinski definition) is 6. The van der Waals surface area contributed by atoms with Gasteiger partial charge in [-0.1, -0.05) is 11.3 Å². The first-order valence-corrected chi connectivity index (χ1v) is 8.36. The Bertz CT molecular complexity index is 946. The molecule has 2 aromatic rings. The third-order valence-corrected chi connectivity index (χ3v) is 4.61. The minimum atomic E-state index is -0.503. The number of carbonyl (C=O) groups is 3. The Morgan fingerprint density at radius 2 is 1.92 bits per heavy atom. The summed E-state index contributed by atoms with van der Waals surface area (Å²) < 4.78 is 0. The van der Waals surface area contributed by atoms with E-state index in [9.17, 15) is 24.5 Å². The summed E-state index contributed by atoms with van der Waals surface area (Å²) in [6.45, 7) is 1.38. The van der Waals surface area contributed by atoms with Gasteiger partial charge in [-0.3, -0.25) is 24.5 Å². The molecule has 1 saturated heterocycles. The topological polar surface area (TPSA) is 110 Å². The number of thiophene rings is 1. The van der Waals surface area contributed by atoms with Gasteiger partial charge in [-0.15, -0.1) is 0 Å². The van der Waals surface area contributed by atoms with Crippen LogP contribution in [0.15, 0.2) is 42.0 Å². The van der Waals surface area contributed by atoms with Crippen LogP contribution in [0, 0.1) is 10.1 Å². The molecule has 0 bridgehead atoms. The quantitative estimate of drug-likeness (QED) is 0.384. The molecule has 1 aliphatic heterocycles. The minimum absolute atomic E-state index is 0.0287. The van der Waals surface area contributed by atoms with E-state index in [1.807, 2.05) is 0 Å². The van der Waals surface area contributed by atoms with Crippen molar-refractivity contribution in [2.45, 2.75) is 13.3 Å². The number of nitro groups is 1. The van der Waals surface area contributed by atoms with E-state index in [0.29, 0.717) is 16.3 Å². The van der Waals surface area contributed by atoms with Gasteiger partial charge in [-0.25, -0.2) is 4.90 Å². The number of carbonyl (C=O) groups excluding carboxylic acids is 3. The maximum atomic E-state index is 12.6. The van der Waals surface area contributed by atoms with Gasteiger partial charge >= 0.3 is 5.00 Å². The molecule has 9 heteroatoms. The first-order valence-electron chi connectivity index (χ1n) is 7.55. The monoisotopic (exact) mass is 371 g/mol. The van der Waals surface area contributed by atoms with Crippen LogP contribution < -0.4 is 10.2 Å². The number of benzene rings is 1. The average molecular weight is 371 g/mol. The first-order chi connectivity index (χ1) is 12.3. The van der Waals surface area contributed by atoms with E-state index in [4.69, 9.17) is 0 Å². The van der Waals surface area contributed by atoms with E-state index >= 15 is 0 Å². The Hall–Kier alpha value is -3.33. The Balaban J connectivity index is 1.83. The Labute approximate surface area is 151 Å². The summed E-state index contributed by atoms with van der Waals surface area (Å²) in [5.74, 6) is -1.06. The van der Waals surface area contributed by atoms with E-state index in [-0.39, 0.29) is 28.8 Å². The number of imide groups is 1. The Morgan fingerprint density at radius 1 is 1.23 bits per heavy atom. The van der Waals surface area contributed by atoms with Crippen molar-refractivity contribution in [3.8, 4) is 0 Å². The van der Waals surface area contributed by atoms with Crippen LogP contribution >= 0.6 is 11.3 Å². The third kappa shape index (κ3) is 3.52. The van der Waals surface area contributed by atoms with Crippen molar-refractivity contribution >= 4 is 51.5 Å². The molecule has 132 valence electrons. The second-order valence-corrected chi connectivity index (χ2v) is 6.64. The molecule has 26 heavy (non-hydrogen) atoms. The highest BCUT2D eigenvalue weighted by molar-refractivity contribution is 7.16. The van der Waals surface area contributed by atoms with Crippen molar-refractivity contribution in [1.82, 2.24) is 0 Å². The standard InChI is InChI=1S/C17H13N3O5S/c1-10(21)18-12-2-4-13(5-3-12)19-15(22)9-11(17(19)23)8-14-6-7-16(26-14)20(24)25/h2-8H,9H2,1H3,(H,18,21)/b11-8+. The summed E-state index contributed by atoms with van der Waals surface area (Å²) in [6, 6.07) is 9.23. The lowest BCUT2D eigenvalue weighted by Crippen LogP contribution is -2.28. The van der Waals surface area contributed by atoms with Gasteiger partial charge in [0, 0.05) is 29.1 Å². The molecule has 0 atom stereocenters. The van der Waals surface area contributed by atoms with Gasteiger partial charge in [0.25, 0.3) is 5.91 Å². The predicted octanol–water partition coefficient (Wildman–Crippen LogP) is 2.96. The van der Waals surface area contributed by atoms with Gasteiger partial charge in [0.15, 0.2) is 0 Å². The fourth-order valence-electron chi connectivity index (χ4n) is 2.54. The summed E-state index contributed by atoms with van der Waals surface area (Å²) in [6.07, 6.45) is 1.43. The van der Waals surface area contributed by atoms with Crippen LogP contribution in [0.2, 0.25) is 0 Å². The lowest BCUT2D eigenvalue weighted by molar-refractivity contribution is -0.380. The summed E-state index contributed by atoms with van der Waals surface area (Å²) in [4.78, 5) is 47.7. The molecular weight excluding hydrogens is 358 g/mol. The molecule has 0 saturated carbocycles. The highest BCUT2D eigenvalue weighted by Crippen LogP contribution is 2.31. The first kappa shape index (κ1) is 17.5. The highest BCUT2D eigenvalue weighted by Gasteiger charge is 2.35. The fourth-order valence-corrected chi connectivity index (χ4v) is 3.32.